The van der Waals surface area contributed by atoms with Crippen LogP contribution in [0.1, 0.15) is 30.4 Å². The average molecular weight is 327 g/mol. The molecule has 6 heteroatoms. The van der Waals surface area contributed by atoms with E-state index in [-0.39, 0.29) is 12.2 Å². The number of nitrogens with one attached hydrogen (secondary N) is 1. The Morgan fingerprint density at radius 1 is 1.38 bits per heavy atom. The number of benzene rings is 1. The van der Waals surface area contributed by atoms with Crippen LogP contribution in [-0.2, 0) is 20.9 Å². The fraction of sp³-hybridized carbons (Fsp3) is 0.333. The fourth-order valence-electron chi connectivity index (χ4n) is 2.46. The van der Waals surface area contributed by atoms with Crippen molar-refractivity contribution in [2.24, 2.45) is 0 Å². The molecule has 1 fully saturated rings. The molecule has 0 saturated carbocycles. The first-order chi connectivity index (χ1) is 11.8. The first-order valence-corrected chi connectivity index (χ1v) is 8.09. The molecule has 6 nitrogen and oxygen atoms in total. The quantitative estimate of drug-likeness (QED) is 0.654. The number of aromatic nitrogens is 2. The summed E-state index contributed by atoms with van der Waals surface area (Å²) >= 11 is 0. The van der Waals surface area contributed by atoms with Gasteiger partial charge in [-0.05, 0) is 30.0 Å². The Bertz CT molecular complexity index is 659. The summed E-state index contributed by atoms with van der Waals surface area (Å²) in [6, 6.07) is 8.01. The topological polar surface area (TPSA) is 65.4 Å². The summed E-state index contributed by atoms with van der Waals surface area (Å²) in [4.78, 5) is 21.0. The van der Waals surface area contributed by atoms with Gasteiger partial charge in [-0.15, -0.1) is 0 Å². The highest BCUT2D eigenvalue weighted by atomic mass is 16.8. The highest BCUT2D eigenvalue weighted by molar-refractivity contribution is 5.90. The van der Waals surface area contributed by atoms with E-state index < -0.39 is 0 Å². The van der Waals surface area contributed by atoms with Crippen LogP contribution in [0.3, 0.4) is 0 Å². The number of hydrogen-bond acceptors (Lipinski definition) is 4. The normalized spacial score (nSPS) is 17.9. The number of rotatable bonds is 6. The zero-order valence-corrected chi connectivity index (χ0v) is 13.4. The largest absolute Gasteiger partial charge is 0.350 e. The maximum atomic E-state index is 11.7. The molecule has 1 aromatic carbocycles. The fourth-order valence-corrected chi connectivity index (χ4v) is 2.46. The Morgan fingerprint density at radius 3 is 2.96 bits per heavy atom. The molecule has 3 rings (SSSR count). The molecular weight excluding hydrogens is 306 g/mol. The minimum atomic E-state index is -0.335. The van der Waals surface area contributed by atoms with Gasteiger partial charge in [0.15, 0.2) is 6.29 Å². The van der Waals surface area contributed by atoms with Gasteiger partial charge in [0.1, 0.15) is 0 Å². The van der Waals surface area contributed by atoms with Crippen LogP contribution in [0.4, 0.5) is 0 Å². The standard InChI is InChI=1S/C18H21N3O3/c22-17(20-24-18-3-1-2-12-23-18)9-8-15-4-6-16(7-5-15)13-21-11-10-19-14-21/h4-11,14,18H,1-3,12-13H2,(H,20,22)/b9-8+. The van der Waals surface area contributed by atoms with Crippen LogP contribution in [0, 0.1) is 0 Å². The Balaban J connectivity index is 1.45. The number of amides is 1. The summed E-state index contributed by atoms with van der Waals surface area (Å²) in [5, 5.41) is 0. The van der Waals surface area contributed by atoms with Crippen molar-refractivity contribution in [1.82, 2.24) is 15.0 Å². The number of nitrogens with zero attached hydrogens (tertiary/aromatic N) is 2. The van der Waals surface area contributed by atoms with Gasteiger partial charge in [-0.2, -0.15) is 0 Å². The Kier molecular flexibility index (Phi) is 5.76. The highest BCUT2D eigenvalue weighted by Gasteiger charge is 2.14. The number of imidazole rings is 1. The molecule has 1 aliphatic heterocycles. The first kappa shape index (κ1) is 16.4. The van der Waals surface area contributed by atoms with E-state index in [2.05, 4.69) is 10.5 Å². The van der Waals surface area contributed by atoms with Gasteiger partial charge < -0.3 is 9.30 Å². The van der Waals surface area contributed by atoms with Crippen molar-refractivity contribution in [3.63, 3.8) is 0 Å². The third-order valence-corrected chi connectivity index (χ3v) is 3.76. The van der Waals surface area contributed by atoms with Gasteiger partial charge in [-0.3, -0.25) is 4.79 Å². The Hall–Kier alpha value is -2.44. The highest BCUT2D eigenvalue weighted by Crippen LogP contribution is 2.12. The predicted molar refractivity (Wildman–Crippen MR) is 89.6 cm³/mol. The molecule has 1 atom stereocenters. The number of ether oxygens (including phenoxy) is 1. The van der Waals surface area contributed by atoms with Crippen LogP contribution < -0.4 is 5.48 Å². The van der Waals surface area contributed by atoms with Gasteiger partial charge in [-0.1, -0.05) is 24.3 Å². The van der Waals surface area contributed by atoms with E-state index in [0.717, 1.165) is 31.4 Å². The lowest BCUT2D eigenvalue weighted by atomic mass is 10.1. The van der Waals surface area contributed by atoms with Gasteiger partial charge in [0.05, 0.1) is 6.33 Å². The van der Waals surface area contributed by atoms with Crippen LogP contribution in [0.25, 0.3) is 6.08 Å². The maximum absolute atomic E-state index is 11.7. The summed E-state index contributed by atoms with van der Waals surface area (Å²) in [6.45, 7) is 1.46. The number of carbonyl (C=O) groups is 1. The Morgan fingerprint density at radius 2 is 2.25 bits per heavy atom. The molecule has 1 aromatic heterocycles. The minimum Gasteiger partial charge on any atom is -0.350 e. The predicted octanol–water partition coefficient (Wildman–Crippen LogP) is 2.52. The molecule has 1 aliphatic rings. The molecule has 1 unspecified atom stereocenters. The molecule has 2 heterocycles. The number of carbonyl (C=O) groups excluding carboxylic acids is 1. The molecule has 24 heavy (non-hydrogen) atoms. The van der Waals surface area contributed by atoms with Gasteiger partial charge in [0.25, 0.3) is 5.91 Å². The Labute approximate surface area is 141 Å². The van der Waals surface area contributed by atoms with Crippen molar-refractivity contribution < 1.29 is 14.4 Å². The smallest absolute Gasteiger partial charge is 0.267 e. The molecule has 2 aromatic rings. The first-order valence-electron chi connectivity index (χ1n) is 8.09. The zero-order valence-electron chi connectivity index (χ0n) is 13.4. The van der Waals surface area contributed by atoms with Crippen LogP contribution >= 0.6 is 0 Å². The third kappa shape index (κ3) is 5.04. The van der Waals surface area contributed by atoms with Crippen molar-refractivity contribution in [1.29, 1.82) is 0 Å². The van der Waals surface area contributed by atoms with Crippen LogP contribution in [0.2, 0.25) is 0 Å². The lowest BCUT2D eigenvalue weighted by molar-refractivity contribution is -0.198. The molecule has 1 N–H and O–H groups in total. The second-order valence-corrected chi connectivity index (χ2v) is 5.69. The number of hydrogen-bond donors (Lipinski definition) is 1. The van der Waals surface area contributed by atoms with E-state index in [4.69, 9.17) is 9.57 Å². The van der Waals surface area contributed by atoms with E-state index in [0.29, 0.717) is 6.61 Å². The molecule has 0 radical (unpaired) electrons. The molecular formula is C18H21N3O3. The van der Waals surface area contributed by atoms with E-state index in [9.17, 15) is 4.79 Å². The van der Waals surface area contributed by atoms with Crippen LogP contribution in [-0.4, -0.2) is 28.4 Å². The lowest BCUT2D eigenvalue weighted by Gasteiger charge is -2.21. The van der Waals surface area contributed by atoms with Gasteiger partial charge in [0.2, 0.25) is 0 Å². The number of hydroxylamine groups is 1. The second-order valence-electron chi connectivity index (χ2n) is 5.69. The van der Waals surface area contributed by atoms with Crippen molar-refractivity contribution >= 4 is 12.0 Å². The molecule has 126 valence electrons. The van der Waals surface area contributed by atoms with Crippen LogP contribution in [0.5, 0.6) is 0 Å². The van der Waals surface area contributed by atoms with E-state index in [1.54, 1.807) is 18.6 Å². The molecule has 0 bridgehead atoms. The molecule has 0 aliphatic carbocycles. The van der Waals surface area contributed by atoms with Crippen molar-refractivity contribution in [2.45, 2.75) is 32.1 Å². The summed E-state index contributed by atoms with van der Waals surface area (Å²) in [6.07, 6.45) is 11.3. The SMILES string of the molecule is O=C(/C=C/c1ccc(Cn2ccnc2)cc1)NOC1CCCCO1. The summed E-state index contributed by atoms with van der Waals surface area (Å²) in [5.74, 6) is -0.299. The molecule has 0 spiro atoms. The van der Waals surface area contributed by atoms with Gasteiger partial charge in [0, 0.05) is 38.0 Å². The summed E-state index contributed by atoms with van der Waals surface area (Å²) < 4.78 is 7.38. The van der Waals surface area contributed by atoms with Crippen molar-refractivity contribution in [3.8, 4) is 0 Å². The van der Waals surface area contributed by atoms with Gasteiger partial charge in [-0.25, -0.2) is 15.3 Å². The van der Waals surface area contributed by atoms with Crippen LogP contribution in [0.15, 0.2) is 49.1 Å². The lowest BCUT2D eigenvalue weighted by Crippen LogP contribution is -2.32. The molecule has 1 amide bonds. The van der Waals surface area contributed by atoms with Crippen molar-refractivity contribution in [2.75, 3.05) is 6.61 Å². The minimum absolute atomic E-state index is 0.299. The zero-order chi connectivity index (χ0) is 16.6. The third-order valence-electron chi connectivity index (χ3n) is 3.76. The summed E-state index contributed by atoms with van der Waals surface area (Å²) in [5.41, 5.74) is 4.53. The van der Waals surface area contributed by atoms with Crippen molar-refractivity contribution in [3.05, 3.63) is 60.2 Å². The summed E-state index contributed by atoms with van der Waals surface area (Å²) in [7, 11) is 0. The van der Waals surface area contributed by atoms with E-state index in [1.807, 2.05) is 35.0 Å². The van der Waals surface area contributed by atoms with E-state index in [1.165, 1.54) is 11.6 Å². The monoisotopic (exact) mass is 327 g/mol. The average Bonchev–Trinajstić information content (AvgIpc) is 3.13. The van der Waals surface area contributed by atoms with E-state index >= 15 is 0 Å². The van der Waals surface area contributed by atoms with Gasteiger partial charge >= 0.3 is 0 Å². The molecule has 1 saturated heterocycles. The second kappa shape index (κ2) is 8.42. The maximum Gasteiger partial charge on any atom is 0.267 e.